The molecule has 0 spiro atoms. The fourth-order valence-corrected chi connectivity index (χ4v) is 3.22. The Bertz CT molecular complexity index is 1100. The summed E-state index contributed by atoms with van der Waals surface area (Å²) in [5, 5.41) is 0.347. The third kappa shape index (κ3) is 3.52. The Morgan fingerprint density at radius 1 is 1.07 bits per heavy atom. The zero-order valence-electron chi connectivity index (χ0n) is 14.7. The molecule has 144 valence electrons. The van der Waals surface area contributed by atoms with E-state index in [1.807, 2.05) is 0 Å². The normalized spacial score (nSPS) is 14.2. The van der Waals surface area contributed by atoms with Gasteiger partial charge in [0, 0.05) is 18.7 Å². The van der Waals surface area contributed by atoms with E-state index in [-0.39, 0.29) is 34.9 Å². The van der Waals surface area contributed by atoms with Gasteiger partial charge in [0.05, 0.1) is 10.9 Å². The highest BCUT2D eigenvalue weighted by molar-refractivity contribution is 5.93. The number of carbonyl (C=O) groups is 1. The lowest BCUT2D eigenvalue weighted by molar-refractivity contribution is -0.138. The van der Waals surface area contributed by atoms with Crippen LogP contribution >= 0.6 is 0 Å². The maximum atomic E-state index is 13.3. The fraction of sp³-hybridized carbons (Fsp3) is 0.238. The first-order valence-corrected chi connectivity index (χ1v) is 8.83. The molecule has 1 aliphatic carbocycles. The van der Waals surface area contributed by atoms with E-state index in [0.29, 0.717) is 18.2 Å². The lowest BCUT2D eigenvalue weighted by atomic mass is 10.1. The maximum absolute atomic E-state index is 13.3. The molecular weight excluding hydrogens is 371 g/mol. The van der Waals surface area contributed by atoms with Crippen LogP contribution in [0.15, 0.2) is 63.8 Å². The molecule has 4 nitrogen and oxygen atoms in total. The molecule has 4 rings (SSSR count). The summed E-state index contributed by atoms with van der Waals surface area (Å²) in [6, 6.07) is 12.7. The van der Waals surface area contributed by atoms with Crippen molar-refractivity contribution in [3.8, 4) is 0 Å². The van der Waals surface area contributed by atoms with Gasteiger partial charge < -0.3 is 9.32 Å². The molecule has 1 amide bonds. The number of amides is 1. The zero-order valence-corrected chi connectivity index (χ0v) is 14.7. The molecule has 1 saturated carbocycles. The summed E-state index contributed by atoms with van der Waals surface area (Å²) in [6.45, 7) is -0.199. The standard InChI is InChI=1S/C21H16F3NO3/c22-21(23,24)16-7-3-1-5-13(16)12-25(14-9-10-14)20(27)19-11-17(26)15-6-2-4-8-18(15)28-19/h1-8,11,14H,9-10,12H2. The molecule has 3 aromatic rings. The number of benzene rings is 2. The Morgan fingerprint density at radius 2 is 1.75 bits per heavy atom. The lowest BCUT2D eigenvalue weighted by Crippen LogP contribution is -2.33. The van der Waals surface area contributed by atoms with E-state index in [4.69, 9.17) is 4.42 Å². The second-order valence-corrected chi connectivity index (χ2v) is 6.79. The topological polar surface area (TPSA) is 50.5 Å². The maximum Gasteiger partial charge on any atom is 0.416 e. The van der Waals surface area contributed by atoms with Crippen molar-refractivity contribution in [3.05, 3.63) is 81.7 Å². The third-order valence-electron chi connectivity index (χ3n) is 4.76. The van der Waals surface area contributed by atoms with Gasteiger partial charge >= 0.3 is 6.18 Å². The van der Waals surface area contributed by atoms with Crippen molar-refractivity contribution in [2.24, 2.45) is 0 Å². The first-order valence-electron chi connectivity index (χ1n) is 8.83. The van der Waals surface area contributed by atoms with Crippen molar-refractivity contribution in [1.29, 1.82) is 0 Å². The van der Waals surface area contributed by atoms with Crippen LogP contribution in [0.2, 0.25) is 0 Å². The molecule has 0 saturated heterocycles. The molecular formula is C21H16F3NO3. The molecule has 0 radical (unpaired) electrons. The lowest BCUT2D eigenvalue weighted by Gasteiger charge is -2.24. The summed E-state index contributed by atoms with van der Waals surface area (Å²) >= 11 is 0. The van der Waals surface area contributed by atoms with Crippen LogP contribution in [0.4, 0.5) is 13.2 Å². The molecule has 0 unspecified atom stereocenters. The number of hydrogen-bond acceptors (Lipinski definition) is 3. The number of rotatable bonds is 4. The van der Waals surface area contributed by atoms with Crippen molar-refractivity contribution < 1.29 is 22.4 Å². The number of fused-ring (bicyclic) bond motifs is 1. The van der Waals surface area contributed by atoms with Gasteiger partial charge in [0.15, 0.2) is 11.2 Å². The molecule has 28 heavy (non-hydrogen) atoms. The minimum Gasteiger partial charge on any atom is -0.451 e. The van der Waals surface area contributed by atoms with Crippen molar-refractivity contribution in [2.75, 3.05) is 0 Å². The molecule has 7 heteroatoms. The monoisotopic (exact) mass is 387 g/mol. The quantitative estimate of drug-likeness (QED) is 0.657. The van der Waals surface area contributed by atoms with Crippen molar-refractivity contribution in [3.63, 3.8) is 0 Å². The van der Waals surface area contributed by atoms with Crippen LogP contribution in [-0.2, 0) is 12.7 Å². The van der Waals surface area contributed by atoms with Crippen LogP contribution in [0.5, 0.6) is 0 Å². The number of para-hydroxylation sites is 1. The Hall–Kier alpha value is -3.09. The number of nitrogens with zero attached hydrogens (tertiary/aromatic N) is 1. The van der Waals surface area contributed by atoms with Gasteiger partial charge in [0.1, 0.15) is 5.58 Å². The summed E-state index contributed by atoms with van der Waals surface area (Å²) in [5.41, 5.74) is -0.853. The number of carbonyl (C=O) groups excluding carboxylic acids is 1. The average molecular weight is 387 g/mol. The van der Waals surface area contributed by atoms with E-state index in [0.717, 1.165) is 12.1 Å². The summed E-state index contributed by atoms with van der Waals surface area (Å²) in [4.78, 5) is 26.6. The number of hydrogen-bond donors (Lipinski definition) is 0. The predicted molar refractivity (Wildman–Crippen MR) is 96.8 cm³/mol. The molecule has 0 atom stereocenters. The Morgan fingerprint density at radius 3 is 2.46 bits per heavy atom. The Balaban J connectivity index is 1.70. The van der Waals surface area contributed by atoms with Gasteiger partial charge in [-0.15, -0.1) is 0 Å². The minimum absolute atomic E-state index is 0.0124. The van der Waals surface area contributed by atoms with Crippen molar-refractivity contribution in [2.45, 2.75) is 31.6 Å². The summed E-state index contributed by atoms with van der Waals surface area (Å²) in [6.07, 6.45) is -3.10. The molecule has 1 heterocycles. The van der Waals surface area contributed by atoms with E-state index in [9.17, 15) is 22.8 Å². The Labute approximate surface area is 158 Å². The zero-order chi connectivity index (χ0) is 19.9. The smallest absolute Gasteiger partial charge is 0.416 e. The summed E-state index contributed by atoms with van der Waals surface area (Å²) in [7, 11) is 0. The van der Waals surface area contributed by atoms with E-state index in [1.165, 1.54) is 23.1 Å². The van der Waals surface area contributed by atoms with Crippen LogP contribution in [-0.4, -0.2) is 16.8 Å². The predicted octanol–water partition coefficient (Wildman–Crippen LogP) is 4.62. The first-order chi connectivity index (χ1) is 13.3. The van der Waals surface area contributed by atoms with E-state index >= 15 is 0 Å². The van der Waals surface area contributed by atoms with Gasteiger partial charge in [-0.3, -0.25) is 9.59 Å². The SMILES string of the molecule is O=C(c1cc(=O)c2ccccc2o1)N(Cc1ccccc1C(F)(F)F)C1CC1. The van der Waals surface area contributed by atoms with Crippen molar-refractivity contribution in [1.82, 2.24) is 4.90 Å². The average Bonchev–Trinajstić information content (AvgIpc) is 3.50. The molecule has 1 aliphatic rings. The van der Waals surface area contributed by atoms with Gasteiger partial charge in [0.2, 0.25) is 0 Å². The first kappa shape index (κ1) is 18.3. The van der Waals surface area contributed by atoms with E-state index in [1.54, 1.807) is 24.3 Å². The highest BCUT2D eigenvalue weighted by atomic mass is 19.4. The van der Waals surface area contributed by atoms with Crippen LogP contribution in [0, 0.1) is 0 Å². The number of halogens is 3. The largest absolute Gasteiger partial charge is 0.451 e. The molecule has 1 aromatic heterocycles. The van der Waals surface area contributed by atoms with Gasteiger partial charge in [-0.2, -0.15) is 13.2 Å². The van der Waals surface area contributed by atoms with Gasteiger partial charge in [-0.1, -0.05) is 30.3 Å². The molecule has 0 aliphatic heterocycles. The highest BCUT2D eigenvalue weighted by Crippen LogP contribution is 2.35. The number of alkyl halides is 3. The van der Waals surface area contributed by atoms with Crippen LogP contribution in [0.3, 0.4) is 0 Å². The third-order valence-corrected chi connectivity index (χ3v) is 4.76. The summed E-state index contributed by atoms with van der Waals surface area (Å²) in [5.74, 6) is -0.748. The molecule has 1 fully saturated rings. The highest BCUT2D eigenvalue weighted by Gasteiger charge is 2.38. The van der Waals surface area contributed by atoms with Crippen molar-refractivity contribution >= 4 is 16.9 Å². The van der Waals surface area contributed by atoms with Gasteiger partial charge in [-0.25, -0.2) is 0 Å². The van der Waals surface area contributed by atoms with Crippen LogP contribution in [0.25, 0.3) is 11.0 Å². The summed E-state index contributed by atoms with van der Waals surface area (Å²) < 4.78 is 45.5. The Kier molecular flexibility index (Phi) is 4.45. The second kappa shape index (κ2) is 6.82. The minimum atomic E-state index is -4.51. The molecule has 0 bridgehead atoms. The fourth-order valence-electron chi connectivity index (χ4n) is 3.22. The molecule has 2 aromatic carbocycles. The van der Waals surface area contributed by atoms with Crippen LogP contribution in [0.1, 0.15) is 34.5 Å². The van der Waals surface area contributed by atoms with Gasteiger partial charge in [-0.05, 0) is 36.6 Å². The molecule has 0 N–H and O–H groups in total. The van der Waals surface area contributed by atoms with Gasteiger partial charge in [0.25, 0.3) is 5.91 Å². The van der Waals surface area contributed by atoms with E-state index in [2.05, 4.69) is 0 Å². The van der Waals surface area contributed by atoms with Crippen LogP contribution < -0.4 is 5.43 Å². The second-order valence-electron chi connectivity index (χ2n) is 6.79. The van der Waals surface area contributed by atoms with E-state index < -0.39 is 17.6 Å².